The third-order valence-corrected chi connectivity index (χ3v) is 4.71. The summed E-state index contributed by atoms with van der Waals surface area (Å²) in [6.07, 6.45) is 7.45. The molecule has 0 bridgehead atoms. The molecule has 0 radical (unpaired) electrons. The maximum absolute atomic E-state index is 6.11. The van der Waals surface area contributed by atoms with Crippen molar-refractivity contribution in [2.24, 2.45) is 11.6 Å². The van der Waals surface area contributed by atoms with Gasteiger partial charge in [0.15, 0.2) is 5.82 Å². The Morgan fingerprint density at radius 1 is 1.21 bits per heavy atom. The Hall–Kier alpha value is -1.94. The summed E-state index contributed by atoms with van der Waals surface area (Å²) in [5.41, 5.74) is 4.61. The van der Waals surface area contributed by atoms with Gasteiger partial charge in [0.1, 0.15) is 12.4 Å². The van der Waals surface area contributed by atoms with E-state index in [1.165, 1.54) is 6.20 Å². The SMILES string of the molecule is C=CN.CCOCCOc1cnnc(N2CCC(OC3CC(ON)C3)CC2)c1. The first-order valence-corrected chi connectivity index (χ1v) is 9.82. The van der Waals surface area contributed by atoms with Gasteiger partial charge in [-0.1, -0.05) is 6.58 Å². The number of hydrogen-bond donors (Lipinski definition) is 2. The van der Waals surface area contributed by atoms with Crippen molar-refractivity contribution in [1.29, 1.82) is 0 Å². The lowest BCUT2D eigenvalue weighted by Crippen LogP contribution is -2.44. The van der Waals surface area contributed by atoms with Crippen LogP contribution in [0, 0.1) is 0 Å². The zero-order valence-electron chi connectivity index (χ0n) is 16.7. The predicted molar refractivity (Wildman–Crippen MR) is 107 cm³/mol. The van der Waals surface area contributed by atoms with Crippen molar-refractivity contribution in [2.75, 3.05) is 37.8 Å². The summed E-state index contributed by atoms with van der Waals surface area (Å²) in [5, 5.41) is 8.29. The quantitative estimate of drug-likeness (QED) is 0.472. The van der Waals surface area contributed by atoms with Gasteiger partial charge in [-0.2, -0.15) is 5.10 Å². The topological polar surface area (TPSA) is 118 Å². The average Bonchev–Trinajstić information content (AvgIpc) is 2.69. The molecular formula is C19H33N5O4. The highest BCUT2D eigenvalue weighted by Crippen LogP contribution is 2.29. The molecular weight excluding hydrogens is 362 g/mol. The second kappa shape index (κ2) is 12.5. The van der Waals surface area contributed by atoms with Crippen molar-refractivity contribution in [3.8, 4) is 5.75 Å². The molecule has 3 rings (SSSR count). The van der Waals surface area contributed by atoms with Crippen LogP contribution in [0.1, 0.15) is 32.6 Å². The Kier molecular flexibility index (Phi) is 9.98. The van der Waals surface area contributed by atoms with E-state index in [2.05, 4.69) is 27.4 Å². The summed E-state index contributed by atoms with van der Waals surface area (Å²) in [6.45, 7) is 8.71. The molecule has 1 aromatic heterocycles. The molecule has 1 saturated carbocycles. The van der Waals surface area contributed by atoms with Crippen LogP contribution >= 0.6 is 0 Å². The second-order valence-electron chi connectivity index (χ2n) is 6.70. The van der Waals surface area contributed by atoms with Crippen LogP contribution in [0.2, 0.25) is 0 Å². The lowest BCUT2D eigenvalue weighted by atomic mass is 9.91. The number of aromatic nitrogens is 2. The number of piperidine rings is 1. The van der Waals surface area contributed by atoms with E-state index in [1.54, 1.807) is 6.20 Å². The summed E-state index contributed by atoms with van der Waals surface area (Å²) in [4.78, 5) is 7.04. The van der Waals surface area contributed by atoms with E-state index in [4.69, 9.17) is 24.9 Å². The normalized spacial score (nSPS) is 22.0. The molecule has 4 N–H and O–H groups in total. The Morgan fingerprint density at radius 3 is 2.57 bits per heavy atom. The number of nitrogens with zero attached hydrogens (tertiary/aromatic N) is 3. The molecule has 2 fully saturated rings. The first kappa shape index (κ1) is 22.4. The minimum absolute atomic E-state index is 0.172. The molecule has 158 valence electrons. The van der Waals surface area contributed by atoms with Crippen LogP contribution in [0.15, 0.2) is 25.0 Å². The molecule has 28 heavy (non-hydrogen) atoms. The van der Waals surface area contributed by atoms with Crippen molar-refractivity contribution in [1.82, 2.24) is 10.2 Å². The fraction of sp³-hybridized carbons (Fsp3) is 0.684. The molecule has 9 nitrogen and oxygen atoms in total. The molecule has 0 amide bonds. The van der Waals surface area contributed by atoms with E-state index in [0.29, 0.717) is 32.0 Å². The fourth-order valence-corrected chi connectivity index (χ4v) is 3.17. The van der Waals surface area contributed by atoms with Crippen LogP contribution < -0.4 is 21.3 Å². The van der Waals surface area contributed by atoms with E-state index < -0.39 is 0 Å². The van der Waals surface area contributed by atoms with Crippen LogP contribution in [-0.4, -0.2) is 61.4 Å². The van der Waals surface area contributed by atoms with Gasteiger partial charge in [-0.25, -0.2) is 5.90 Å². The molecule has 0 atom stereocenters. The highest BCUT2D eigenvalue weighted by molar-refractivity contribution is 5.42. The van der Waals surface area contributed by atoms with E-state index >= 15 is 0 Å². The van der Waals surface area contributed by atoms with Gasteiger partial charge < -0.3 is 29.7 Å². The van der Waals surface area contributed by atoms with Crippen molar-refractivity contribution >= 4 is 5.82 Å². The van der Waals surface area contributed by atoms with Gasteiger partial charge in [0, 0.05) is 38.6 Å². The van der Waals surface area contributed by atoms with Crippen LogP contribution in [0.5, 0.6) is 5.75 Å². The zero-order chi connectivity index (χ0) is 20.2. The van der Waals surface area contributed by atoms with Gasteiger partial charge in [-0.05, 0) is 26.0 Å². The van der Waals surface area contributed by atoms with Gasteiger partial charge >= 0.3 is 0 Å². The Morgan fingerprint density at radius 2 is 1.93 bits per heavy atom. The van der Waals surface area contributed by atoms with Gasteiger partial charge in [0.25, 0.3) is 0 Å². The minimum Gasteiger partial charge on any atom is -0.489 e. The lowest BCUT2D eigenvalue weighted by Gasteiger charge is -2.39. The first-order valence-electron chi connectivity index (χ1n) is 9.82. The first-order chi connectivity index (χ1) is 13.7. The molecule has 1 aliphatic heterocycles. The molecule has 1 saturated heterocycles. The third-order valence-electron chi connectivity index (χ3n) is 4.71. The molecule has 1 aromatic rings. The van der Waals surface area contributed by atoms with Gasteiger partial charge in [0.2, 0.25) is 0 Å². The fourth-order valence-electron chi connectivity index (χ4n) is 3.17. The van der Waals surface area contributed by atoms with E-state index in [1.807, 2.05) is 13.0 Å². The number of nitrogens with two attached hydrogens (primary N) is 2. The smallest absolute Gasteiger partial charge is 0.154 e. The highest BCUT2D eigenvalue weighted by atomic mass is 16.6. The standard InChI is InChI=1S/C17H28N4O4.C2H5N/c1-2-22-7-8-23-16-11-17(20-19-12-16)21-5-3-13(4-6-21)24-14-9-15(10-14)25-18;1-2-3/h11-15H,2-10,18H2,1H3;2H,1,3H2. The van der Waals surface area contributed by atoms with E-state index in [0.717, 1.165) is 50.3 Å². The molecule has 0 unspecified atom stereocenters. The number of rotatable bonds is 9. The molecule has 0 spiro atoms. The monoisotopic (exact) mass is 395 g/mol. The Labute approximate surface area is 166 Å². The van der Waals surface area contributed by atoms with Crippen molar-refractivity contribution in [3.63, 3.8) is 0 Å². The van der Waals surface area contributed by atoms with Gasteiger partial charge in [-0.3, -0.25) is 0 Å². The summed E-state index contributed by atoms with van der Waals surface area (Å²) in [5.74, 6) is 6.76. The zero-order valence-corrected chi connectivity index (χ0v) is 16.7. The van der Waals surface area contributed by atoms with Gasteiger partial charge in [-0.15, -0.1) is 5.10 Å². The molecule has 0 aromatic carbocycles. The molecule has 1 aliphatic carbocycles. The maximum atomic E-state index is 6.11. The van der Waals surface area contributed by atoms with Crippen molar-refractivity contribution in [3.05, 3.63) is 25.0 Å². The largest absolute Gasteiger partial charge is 0.489 e. The van der Waals surface area contributed by atoms with Crippen LogP contribution in [-0.2, 0) is 14.3 Å². The summed E-state index contributed by atoms with van der Waals surface area (Å²) < 4.78 is 17.0. The van der Waals surface area contributed by atoms with Crippen molar-refractivity contribution in [2.45, 2.75) is 50.9 Å². The maximum Gasteiger partial charge on any atom is 0.154 e. The summed E-state index contributed by atoms with van der Waals surface area (Å²) >= 11 is 0. The van der Waals surface area contributed by atoms with E-state index in [-0.39, 0.29) is 6.10 Å². The van der Waals surface area contributed by atoms with Crippen LogP contribution in [0.4, 0.5) is 5.82 Å². The molecule has 2 heterocycles. The van der Waals surface area contributed by atoms with Crippen LogP contribution in [0.25, 0.3) is 0 Å². The van der Waals surface area contributed by atoms with Crippen LogP contribution in [0.3, 0.4) is 0 Å². The number of anilines is 1. The predicted octanol–water partition coefficient (Wildman–Crippen LogP) is 1.39. The molecule has 9 heteroatoms. The van der Waals surface area contributed by atoms with Gasteiger partial charge in [0.05, 0.1) is 31.1 Å². The Balaban J connectivity index is 0.000000878. The number of ether oxygens (including phenoxy) is 3. The summed E-state index contributed by atoms with van der Waals surface area (Å²) in [7, 11) is 0. The summed E-state index contributed by atoms with van der Waals surface area (Å²) in [6, 6.07) is 1.94. The Bertz CT molecular complexity index is 563. The van der Waals surface area contributed by atoms with Crippen molar-refractivity contribution < 1.29 is 19.0 Å². The lowest BCUT2D eigenvalue weighted by molar-refractivity contribution is -0.130. The minimum atomic E-state index is 0.172. The highest BCUT2D eigenvalue weighted by Gasteiger charge is 2.33. The average molecular weight is 396 g/mol. The third kappa shape index (κ3) is 7.23. The van der Waals surface area contributed by atoms with E-state index in [9.17, 15) is 0 Å². The number of hydrogen-bond acceptors (Lipinski definition) is 9. The second-order valence-corrected chi connectivity index (χ2v) is 6.70. The molecule has 2 aliphatic rings.